The van der Waals surface area contributed by atoms with Crippen LogP contribution in [0, 0.1) is 0 Å². The number of carbonyl (C=O) groups excluding carboxylic acids is 3. The minimum atomic E-state index is -0.638. The summed E-state index contributed by atoms with van der Waals surface area (Å²) in [5.74, 6) is -1.24. The van der Waals surface area contributed by atoms with Gasteiger partial charge >= 0.3 is 5.97 Å². The SMILES string of the molecule is O=C(CNC(=O)c1cccs1)OCC(=O)N1CCc2ccccc21. The zero-order chi connectivity index (χ0) is 16.9. The van der Waals surface area contributed by atoms with Crippen LogP contribution in [0.25, 0.3) is 0 Å². The van der Waals surface area contributed by atoms with Crippen molar-refractivity contribution < 1.29 is 19.1 Å². The number of nitrogens with zero attached hydrogens (tertiary/aromatic N) is 1. The molecule has 0 spiro atoms. The van der Waals surface area contributed by atoms with Gasteiger partial charge in [-0.3, -0.25) is 14.4 Å². The van der Waals surface area contributed by atoms with E-state index in [2.05, 4.69) is 5.32 Å². The first-order valence-electron chi connectivity index (χ1n) is 7.51. The Bertz CT molecular complexity index is 758. The van der Waals surface area contributed by atoms with Crippen LogP contribution in [-0.4, -0.2) is 37.5 Å². The molecule has 0 fully saturated rings. The van der Waals surface area contributed by atoms with Gasteiger partial charge < -0.3 is 15.0 Å². The molecule has 0 saturated heterocycles. The maximum atomic E-state index is 12.2. The molecular formula is C17H16N2O4S. The highest BCUT2D eigenvalue weighted by Gasteiger charge is 2.24. The topological polar surface area (TPSA) is 75.7 Å². The van der Waals surface area contributed by atoms with Crippen LogP contribution in [0.1, 0.15) is 15.2 Å². The van der Waals surface area contributed by atoms with E-state index in [0.717, 1.165) is 17.7 Å². The van der Waals surface area contributed by atoms with Crippen molar-refractivity contribution in [3.8, 4) is 0 Å². The van der Waals surface area contributed by atoms with Gasteiger partial charge in [0.1, 0.15) is 6.54 Å². The van der Waals surface area contributed by atoms with Gasteiger partial charge in [0.25, 0.3) is 11.8 Å². The monoisotopic (exact) mass is 344 g/mol. The Kier molecular flexibility index (Phi) is 4.90. The van der Waals surface area contributed by atoms with Gasteiger partial charge in [0.2, 0.25) is 0 Å². The van der Waals surface area contributed by atoms with Crippen molar-refractivity contribution >= 4 is 34.8 Å². The van der Waals surface area contributed by atoms with Crippen LogP contribution < -0.4 is 10.2 Å². The summed E-state index contributed by atoms with van der Waals surface area (Å²) in [5.41, 5.74) is 1.98. The summed E-state index contributed by atoms with van der Waals surface area (Å²) in [6.45, 7) is -0.00646. The lowest BCUT2D eigenvalue weighted by Crippen LogP contribution is -2.35. The minimum Gasteiger partial charge on any atom is -0.454 e. The van der Waals surface area contributed by atoms with Gasteiger partial charge in [0.15, 0.2) is 6.61 Å². The predicted octanol–water partition coefficient (Wildman–Crippen LogP) is 1.61. The largest absolute Gasteiger partial charge is 0.454 e. The number of amides is 2. The highest BCUT2D eigenvalue weighted by molar-refractivity contribution is 7.12. The number of hydrogen-bond donors (Lipinski definition) is 1. The lowest BCUT2D eigenvalue weighted by Gasteiger charge is -2.17. The number of rotatable bonds is 5. The van der Waals surface area contributed by atoms with Crippen molar-refractivity contribution in [2.45, 2.75) is 6.42 Å². The quantitative estimate of drug-likeness (QED) is 0.836. The Morgan fingerprint density at radius 3 is 2.79 bits per heavy atom. The molecule has 0 bridgehead atoms. The highest BCUT2D eigenvalue weighted by Crippen LogP contribution is 2.27. The summed E-state index contributed by atoms with van der Waals surface area (Å²) < 4.78 is 4.96. The first-order valence-corrected chi connectivity index (χ1v) is 8.38. The maximum absolute atomic E-state index is 12.2. The fourth-order valence-electron chi connectivity index (χ4n) is 2.52. The van der Waals surface area contributed by atoms with Crippen LogP contribution in [0.5, 0.6) is 0 Å². The lowest BCUT2D eigenvalue weighted by atomic mass is 10.2. The Balaban J connectivity index is 1.45. The van der Waals surface area contributed by atoms with E-state index in [1.54, 1.807) is 22.4 Å². The van der Waals surface area contributed by atoms with Gasteiger partial charge in [0.05, 0.1) is 4.88 Å². The molecule has 6 nitrogen and oxygen atoms in total. The van der Waals surface area contributed by atoms with Crippen LogP contribution in [0.3, 0.4) is 0 Å². The lowest BCUT2D eigenvalue weighted by molar-refractivity contribution is -0.146. The molecule has 0 atom stereocenters. The van der Waals surface area contributed by atoms with E-state index in [0.29, 0.717) is 11.4 Å². The second-order valence-electron chi connectivity index (χ2n) is 5.24. The van der Waals surface area contributed by atoms with E-state index in [9.17, 15) is 14.4 Å². The summed E-state index contributed by atoms with van der Waals surface area (Å²) >= 11 is 1.29. The summed E-state index contributed by atoms with van der Waals surface area (Å²) in [6.07, 6.45) is 0.798. The van der Waals surface area contributed by atoms with Crippen LogP contribution in [-0.2, 0) is 20.7 Å². The molecule has 3 rings (SSSR count). The first-order chi connectivity index (χ1) is 11.6. The third kappa shape index (κ3) is 3.62. The number of anilines is 1. The Morgan fingerprint density at radius 2 is 2.00 bits per heavy atom. The number of ether oxygens (including phenoxy) is 1. The van der Waals surface area contributed by atoms with Crippen LogP contribution in [0.2, 0.25) is 0 Å². The number of thiophene rings is 1. The zero-order valence-electron chi connectivity index (χ0n) is 12.9. The molecule has 2 aromatic rings. The Morgan fingerprint density at radius 1 is 1.17 bits per heavy atom. The fraction of sp³-hybridized carbons (Fsp3) is 0.235. The molecule has 24 heavy (non-hydrogen) atoms. The Labute approximate surface area is 143 Å². The second kappa shape index (κ2) is 7.27. The van der Waals surface area contributed by atoms with E-state index in [1.807, 2.05) is 24.3 Å². The molecule has 2 amide bonds. The summed E-state index contributed by atoms with van der Waals surface area (Å²) in [6, 6.07) is 11.1. The average Bonchev–Trinajstić information content (AvgIpc) is 3.26. The van der Waals surface area contributed by atoms with Crippen molar-refractivity contribution in [1.82, 2.24) is 5.32 Å². The third-order valence-electron chi connectivity index (χ3n) is 3.68. The molecule has 0 radical (unpaired) electrons. The fourth-order valence-corrected chi connectivity index (χ4v) is 3.16. The van der Waals surface area contributed by atoms with Gasteiger partial charge in [0, 0.05) is 12.2 Å². The normalized spacial score (nSPS) is 12.6. The number of para-hydroxylation sites is 1. The molecule has 0 saturated carbocycles. The summed E-state index contributed by atoms with van der Waals surface area (Å²) in [5, 5.41) is 4.24. The molecule has 1 aliphatic rings. The van der Waals surface area contributed by atoms with Crippen molar-refractivity contribution in [1.29, 1.82) is 0 Å². The number of fused-ring (bicyclic) bond motifs is 1. The van der Waals surface area contributed by atoms with Crippen LogP contribution >= 0.6 is 11.3 Å². The van der Waals surface area contributed by atoms with Crippen molar-refractivity contribution in [2.24, 2.45) is 0 Å². The molecular weight excluding hydrogens is 328 g/mol. The van der Waals surface area contributed by atoms with Gasteiger partial charge in [-0.15, -0.1) is 11.3 Å². The van der Waals surface area contributed by atoms with Crippen LogP contribution in [0.4, 0.5) is 5.69 Å². The van der Waals surface area contributed by atoms with E-state index >= 15 is 0 Å². The standard InChI is InChI=1S/C17H16N2O4S/c20-15(19-8-7-12-4-1-2-5-13(12)19)11-23-16(21)10-18-17(22)14-6-3-9-24-14/h1-6,9H,7-8,10-11H2,(H,18,22). The van der Waals surface area contributed by atoms with Crippen LogP contribution in [0.15, 0.2) is 41.8 Å². The van der Waals surface area contributed by atoms with E-state index < -0.39 is 5.97 Å². The van der Waals surface area contributed by atoms with E-state index in [1.165, 1.54) is 11.3 Å². The number of nitrogens with one attached hydrogen (secondary N) is 1. The number of esters is 1. The molecule has 1 aliphatic heterocycles. The van der Waals surface area contributed by atoms with E-state index in [4.69, 9.17) is 4.74 Å². The molecule has 0 unspecified atom stereocenters. The van der Waals surface area contributed by atoms with Gasteiger partial charge in [-0.05, 0) is 29.5 Å². The molecule has 7 heteroatoms. The predicted molar refractivity (Wildman–Crippen MR) is 90.1 cm³/mol. The van der Waals surface area contributed by atoms with Gasteiger partial charge in [-0.1, -0.05) is 24.3 Å². The minimum absolute atomic E-state index is 0.263. The summed E-state index contributed by atoms with van der Waals surface area (Å²) in [7, 11) is 0. The van der Waals surface area contributed by atoms with E-state index in [-0.39, 0.29) is 25.0 Å². The molecule has 1 N–H and O–H groups in total. The molecule has 1 aromatic carbocycles. The second-order valence-corrected chi connectivity index (χ2v) is 6.19. The average molecular weight is 344 g/mol. The number of benzene rings is 1. The first kappa shape index (κ1) is 16.2. The van der Waals surface area contributed by atoms with Crippen molar-refractivity contribution in [3.05, 3.63) is 52.2 Å². The third-order valence-corrected chi connectivity index (χ3v) is 4.55. The Hall–Kier alpha value is -2.67. The molecule has 0 aliphatic carbocycles. The summed E-state index contributed by atoms with van der Waals surface area (Å²) in [4.78, 5) is 37.7. The smallest absolute Gasteiger partial charge is 0.325 e. The highest BCUT2D eigenvalue weighted by atomic mass is 32.1. The van der Waals surface area contributed by atoms with Crippen molar-refractivity contribution in [2.75, 3.05) is 24.6 Å². The molecule has 2 heterocycles. The maximum Gasteiger partial charge on any atom is 0.325 e. The number of carbonyl (C=O) groups is 3. The van der Waals surface area contributed by atoms with Crippen molar-refractivity contribution in [3.63, 3.8) is 0 Å². The zero-order valence-corrected chi connectivity index (χ0v) is 13.7. The molecule has 1 aromatic heterocycles. The van der Waals surface area contributed by atoms with Gasteiger partial charge in [-0.25, -0.2) is 0 Å². The number of hydrogen-bond acceptors (Lipinski definition) is 5. The molecule has 124 valence electrons. The van der Waals surface area contributed by atoms with Gasteiger partial charge in [-0.2, -0.15) is 0 Å².